The van der Waals surface area contributed by atoms with Gasteiger partial charge in [0, 0.05) is 0 Å². The van der Waals surface area contributed by atoms with Crippen LogP contribution in [-0.4, -0.2) is 11.1 Å². The van der Waals surface area contributed by atoms with Gasteiger partial charge in [-0.3, -0.25) is 0 Å². The molecule has 0 radical (unpaired) electrons. The van der Waals surface area contributed by atoms with Crippen LogP contribution >= 0.6 is 23.8 Å². The predicted molar refractivity (Wildman–Crippen MR) is 59.2 cm³/mol. The van der Waals surface area contributed by atoms with E-state index in [-0.39, 0.29) is 4.51 Å². The van der Waals surface area contributed by atoms with Gasteiger partial charge in [-0.2, -0.15) is 0 Å². The monoisotopic (exact) mass is 214 g/mol. The summed E-state index contributed by atoms with van der Waals surface area (Å²) in [6.45, 7) is 0.594. The molecule has 1 nitrogen and oxygen atoms in total. The molecule has 1 aromatic rings. The van der Waals surface area contributed by atoms with Crippen LogP contribution < -0.4 is 0 Å². The van der Waals surface area contributed by atoms with Gasteiger partial charge >= 0.3 is 0 Å². The summed E-state index contributed by atoms with van der Waals surface area (Å²) >= 11 is 9.94. The molecule has 0 spiro atoms. The minimum atomic E-state index is 0.105. The smallest absolute Gasteiger partial charge is 0.255 e. The SMILES string of the molecule is S=C(Cl)OCCCc1ccccc1. The Labute approximate surface area is 88.7 Å². The van der Waals surface area contributed by atoms with Crippen molar-refractivity contribution in [3.05, 3.63) is 35.9 Å². The topological polar surface area (TPSA) is 9.23 Å². The first-order valence-corrected chi connectivity index (χ1v) is 4.94. The van der Waals surface area contributed by atoms with Crippen molar-refractivity contribution in [3.63, 3.8) is 0 Å². The number of aryl methyl sites for hydroxylation is 1. The van der Waals surface area contributed by atoms with Crippen LogP contribution in [0, 0.1) is 0 Å². The molecule has 1 aromatic carbocycles. The number of rotatable bonds is 4. The van der Waals surface area contributed by atoms with Crippen molar-refractivity contribution in [2.24, 2.45) is 0 Å². The number of benzene rings is 1. The predicted octanol–water partition coefficient (Wildman–Crippen LogP) is 3.16. The molecule has 0 unspecified atom stereocenters. The number of halogens is 1. The Kier molecular flexibility index (Phi) is 4.79. The van der Waals surface area contributed by atoms with E-state index in [0.717, 1.165) is 12.8 Å². The van der Waals surface area contributed by atoms with Gasteiger partial charge in [-0.1, -0.05) is 30.3 Å². The number of hydrogen-bond acceptors (Lipinski definition) is 2. The molecule has 0 aliphatic heterocycles. The lowest BCUT2D eigenvalue weighted by Crippen LogP contribution is -1.97. The van der Waals surface area contributed by atoms with Gasteiger partial charge in [0.25, 0.3) is 4.51 Å². The largest absolute Gasteiger partial charge is 0.475 e. The molecule has 0 aliphatic carbocycles. The van der Waals surface area contributed by atoms with E-state index >= 15 is 0 Å². The van der Waals surface area contributed by atoms with E-state index in [9.17, 15) is 0 Å². The summed E-state index contributed by atoms with van der Waals surface area (Å²) < 4.78 is 5.07. The Bertz CT molecular complexity index is 261. The molecule has 0 bridgehead atoms. The Hall–Kier alpha value is -0.600. The highest BCUT2D eigenvalue weighted by molar-refractivity contribution is 7.82. The molecule has 70 valence electrons. The van der Waals surface area contributed by atoms with Crippen LogP contribution in [0.2, 0.25) is 0 Å². The van der Waals surface area contributed by atoms with Crippen molar-refractivity contribution in [1.82, 2.24) is 0 Å². The molecule has 0 amide bonds. The van der Waals surface area contributed by atoms with Crippen LogP contribution in [0.4, 0.5) is 0 Å². The zero-order valence-electron chi connectivity index (χ0n) is 7.20. The lowest BCUT2D eigenvalue weighted by Gasteiger charge is -2.02. The van der Waals surface area contributed by atoms with Crippen molar-refractivity contribution in [2.45, 2.75) is 12.8 Å². The van der Waals surface area contributed by atoms with Crippen molar-refractivity contribution >= 4 is 28.3 Å². The standard InChI is InChI=1S/C10H11ClOS/c11-10(13)12-8-4-7-9-5-2-1-3-6-9/h1-3,5-6H,4,7-8H2. The molecule has 0 aliphatic rings. The summed E-state index contributed by atoms with van der Waals surface area (Å²) in [4.78, 5) is 0. The average Bonchev–Trinajstić information content (AvgIpc) is 2.14. The Morgan fingerprint density at radius 1 is 1.31 bits per heavy atom. The molecule has 1 rings (SSSR count). The molecule has 3 heteroatoms. The maximum Gasteiger partial charge on any atom is 0.255 e. The zero-order valence-corrected chi connectivity index (χ0v) is 8.77. The lowest BCUT2D eigenvalue weighted by molar-refractivity contribution is 0.314. The van der Waals surface area contributed by atoms with E-state index in [1.165, 1.54) is 5.56 Å². The van der Waals surface area contributed by atoms with E-state index in [1.54, 1.807) is 0 Å². The Morgan fingerprint density at radius 2 is 2.00 bits per heavy atom. The van der Waals surface area contributed by atoms with Crippen LogP contribution in [0.3, 0.4) is 0 Å². The van der Waals surface area contributed by atoms with E-state index in [2.05, 4.69) is 24.4 Å². The second-order valence-corrected chi connectivity index (χ2v) is 3.61. The van der Waals surface area contributed by atoms with Crippen LogP contribution in [0.1, 0.15) is 12.0 Å². The number of thiocarbonyl (C=S) groups is 1. The third-order valence-electron chi connectivity index (χ3n) is 1.67. The summed E-state index contributed by atoms with van der Waals surface area (Å²) in [6.07, 6.45) is 1.94. The molecule has 0 heterocycles. The average molecular weight is 215 g/mol. The van der Waals surface area contributed by atoms with Gasteiger partial charge in [-0.15, -0.1) is 0 Å². The van der Waals surface area contributed by atoms with Crippen molar-refractivity contribution < 1.29 is 4.74 Å². The first-order chi connectivity index (χ1) is 6.29. The number of ether oxygens (including phenoxy) is 1. The fraction of sp³-hybridized carbons (Fsp3) is 0.300. The van der Waals surface area contributed by atoms with Crippen molar-refractivity contribution in [2.75, 3.05) is 6.61 Å². The Balaban J connectivity index is 2.17. The number of hydrogen-bond donors (Lipinski definition) is 0. The van der Waals surface area contributed by atoms with Gasteiger partial charge in [0.05, 0.1) is 6.61 Å². The van der Waals surface area contributed by atoms with E-state index in [4.69, 9.17) is 16.3 Å². The molecule has 0 atom stereocenters. The van der Waals surface area contributed by atoms with Gasteiger partial charge in [0.1, 0.15) is 0 Å². The molecule has 0 fully saturated rings. The molecular weight excluding hydrogens is 204 g/mol. The van der Waals surface area contributed by atoms with Gasteiger partial charge in [-0.25, -0.2) is 0 Å². The molecule has 0 aromatic heterocycles. The van der Waals surface area contributed by atoms with Crippen LogP contribution in [0.25, 0.3) is 0 Å². The minimum absolute atomic E-state index is 0.105. The fourth-order valence-corrected chi connectivity index (χ4v) is 1.23. The summed E-state index contributed by atoms with van der Waals surface area (Å²) in [5, 5.41) is 0. The Morgan fingerprint density at radius 3 is 2.62 bits per heavy atom. The first kappa shape index (κ1) is 10.5. The third-order valence-corrected chi connectivity index (χ3v) is 1.90. The van der Waals surface area contributed by atoms with Gasteiger partial charge in [0.2, 0.25) is 0 Å². The van der Waals surface area contributed by atoms with E-state index < -0.39 is 0 Å². The second-order valence-electron chi connectivity index (χ2n) is 2.68. The quantitative estimate of drug-likeness (QED) is 0.433. The molecular formula is C10H11ClOS. The summed E-state index contributed by atoms with van der Waals surface area (Å²) in [5.41, 5.74) is 1.31. The molecule has 0 saturated heterocycles. The maximum atomic E-state index is 5.37. The molecule has 0 saturated carbocycles. The summed E-state index contributed by atoms with van der Waals surface area (Å²) in [6, 6.07) is 10.3. The van der Waals surface area contributed by atoms with Gasteiger partial charge in [0.15, 0.2) is 0 Å². The van der Waals surface area contributed by atoms with E-state index in [0.29, 0.717) is 6.61 Å². The highest BCUT2D eigenvalue weighted by Crippen LogP contribution is 2.02. The highest BCUT2D eigenvalue weighted by atomic mass is 35.5. The fourth-order valence-electron chi connectivity index (χ4n) is 1.07. The van der Waals surface area contributed by atoms with Gasteiger partial charge in [-0.05, 0) is 42.2 Å². The highest BCUT2D eigenvalue weighted by Gasteiger charge is 1.93. The van der Waals surface area contributed by atoms with Crippen LogP contribution in [0.15, 0.2) is 30.3 Å². The molecule has 0 N–H and O–H groups in total. The van der Waals surface area contributed by atoms with Crippen LogP contribution in [0.5, 0.6) is 0 Å². The first-order valence-electron chi connectivity index (χ1n) is 4.15. The summed E-state index contributed by atoms with van der Waals surface area (Å²) in [5.74, 6) is 0. The minimum Gasteiger partial charge on any atom is -0.475 e. The third kappa shape index (κ3) is 4.86. The lowest BCUT2D eigenvalue weighted by atomic mass is 10.1. The van der Waals surface area contributed by atoms with Crippen molar-refractivity contribution in [3.8, 4) is 0 Å². The normalized spacial score (nSPS) is 9.62. The summed E-state index contributed by atoms with van der Waals surface area (Å²) in [7, 11) is 0. The van der Waals surface area contributed by atoms with E-state index in [1.807, 2.05) is 18.2 Å². The van der Waals surface area contributed by atoms with Crippen molar-refractivity contribution in [1.29, 1.82) is 0 Å². The second kappa shape index (κ2) is 5.95. The molecule has 13 heavy (non-hydrogen) atoms. The zero-order chi connectivity index (χ0) is 9.52. The van der Waals surface area contributed by atoms with Crippen LogP contribution in [-0.2, 0) is 11.2 Å². The maximum absolute atomic E-state index is 5.37. The van der Waals surface area contributed by atoms with Gasteiger partial charge < -0.3 is 4.74 Å².